The largest absolute Gasteiger partial charge is 0.396 e. The van der Waals surface area contributed by atoms with Crippen LogP contribution in [-0.2, 0) is 10.0 Å². The number of halogens is 2. The Morgan fingerprint density at radius 2 is 2.17 bits per heavy atom. The van der Waals surface area contributed by atoms with Crippen molar-refractivity contribution in [1.82, 2.24) is 4.72 Å². The van der Waals surface area contributed by atoms with Crippen LogP contribution in [0.4, 0.5) is 4.39 Å². The average molecular weight is 296 g/mol. The van der Waals surface area contributed by atoms with E-state index in [1.54, 1.807) is 6.92 Å². The molecule has 0 spiro atoms. The summed E-state index contributed by atoms with van der Waals surface area (Å²) >= 11 is 5.53. The van der Waals surface area contributed by atoms with Crippen LogP contribution in [0.15, 0.2) is 23.1 Å². The van der Waals surface area contributed by atoms with Gasteiger partial charge in [0.15, 0.2) is 5.82 Å². The van der Waals surface area contributed by atoms with Crippen LogP contribution in [0.2, 0.25) is 5.02 Å². The summed E-state index contributed by atoms with van der Waals surface area (Å²) < 4.78 is 39.6. The summed E-state index contributed by atoms with van der Waals surface area (Å²) in [5.74, 6) is -0.992. The molecule has 2 N–H and O–H groups in total. The fraction of sp³-hybridized carbons (Fsp3) is 0.455. The lowest BCUT2D eigenvalue weighted by atomic mass is 10.1. The molecule has 0 aromatic heterocycles. The van der Waals surface area contributed by atoms with E-state index in [4.69, 9.17) is 16.7 Å². The number of hydrogen-bond acceptors (Lipinski definition) is 3. The fourth-order valence-corrected chi connectivity index (χ4v) is 2.84. The summed E-state index contributed by atoms with van der Waals surface area (Å²) in [6, 6.07) is 3.81. The van der Waals surface area contributed by atoms with E-state index in [1.165, 1.54) is 12.1 Å². The highest BCUT2D eigenvalue weighted by atomic mass is 35.5. The van der Waals surface area contributed by atoms with E-state index < -0.39 is 20.7 Å². The van der Waals surface area contributed by atoms with Gasteiger partial charge in [-0.1, -0.05) is 24.6 Å². The van der Waals surface area contributed by atoms with Crippen LogP contribution in [0.5, 0.6) is 0 Å². The lowest BCUT2D eigenvalue weighted by molar-refractivity contribution is 0.263. The molecule has 4 nitrogen and oxygen atoms in total. The molecule has 0 aliphatic carbocycles. The second-order valence-electron chi connectivity index (χ2n) is 4.02. The van der Waals surface area contributed by atoms with Crippen molar-refractivity contribution in [3.8, 4) is 0 Å². The maximum absolute atomic E-state index is 13.6. The molecule has 0 bridgehead atoms. The maximum Gasteiger partial charge on any atom is 0.243 e. The average Bonchev–Trinajstić information content (AvgIpc) is 2.30. The first-order chi connectivity index (χ1) is 8.38. The molecule has 1 rings (SSSR count). The van der Waals surface area contributed by atoms with Gasteiger partial charge in [0.25, 0.3) is 0 Å². The Balaban J connectivity index is 2.84. The number of aliphatic hydroxyl groups excluding tert-OH is 1. The second-order valence-corrected chi connectivity index (χ2v) is 6.16. The molecule has 0 heterocycles. The van der Waals surface area contributed by atoms with Gasteiger partial charge in [0.2, 0.25) is 10.0 Å². The lowest BCUT2D eigenvalue weighted by Gasteiger charge is -2.12. The van der Waals surface area contributed by atoms with E-state index in [0.717, 1.165) is 6.07 Å². The number of sulfonamides is 1. The molecule has 0 aliphatic rings. The number of hydrogen-bond donors (Lipinski definition) is 2. The molecule has 0 fully saturated rings. The van der Waals surface area contributed by atoms with E-state index in [2.05, 4.69) is 4.72 Å². The van der Waals surface area contributed by atoms with Gasteiger partial charge < -0.3 is 5.11 Å². The highest BCUT2D eigenvalue weighted by Crippen LogP contribution is 2.21. The lowest BCUT2D eigenvalue weighted by Crippen LogP contribution is -2.29. The topological polar surface area (TPSA) is 66.4 Å². The molecule has 0 saturated heterocycles. The predicted octanol–water partition coefficient (Wildman–Crippen LogP) is 1.78. The molecule has 1 atom stereocenters. The van der Waals surface area contributed by atoms with Crippen molar-refractivity contribution < 1.29 is 17.9 Å². The zero-order valence-electron chi connectivity index (χ0n) is 9.86. The van der Waals surface area contributed by atoms with Crippen molar-refractivity contribution in [3.63, 3.8) is 0 Å². The highest BCUT2D eigenvalue weighted by Gasteiger charge is 2.20. The summed E-state index contributed by atoms with van der Waals surface area (Å²) in [4.78, 5) is -0.466. The summed E-state index contributed by atoms with van der Waals surface area (Å²) in [5, 5.41) is 8.47. The zero-order valence-corrected chi connectivity index (χ0v) is 11.4. The van der Waals surface area contributed by atoms with Gasteiger partial charge in [-0.2, -0.15) is 0 Å². The summed E-state index contributed by atoms with van der Waals surface area (Å²) in [6.45, 7) is 1.90. The van der Waals surface area contributed by atoms with E-state index in [1.807, 2.05) is 0 Å². The Labute approximate surface area is 111 Å². The van der Waals surface area contributed by atoms with E-state index in [9.17, 15) is 12.8 Å². The van der Waals surface area contributed by atoms with E-state index >= 15 is 0 Å². The maximum atomic E-state index is 13.6. The Hall–Kier alpha value is -0.690. The van der Waals surface area contributed by atoms with Crippen LogP contribution < -0.4 is 4.72 Å². The minimum Gasteiger partial charge on any atom is -0.396 e. The Kier molecular flexibility index (Phi) is 5.52. The number of nitrogens with one attached hydrogen (secondary N) is 1. The van der Waals surface area contributed by atoms with Crippen molar-refractivity contribution in [2.45, 2.75) is 18.2 Å². The molecule has 0 amide bonds. The predicted molar refractivity (Wildman–Crippen MR) is 67.5 cm³/mol. The van der Waals surface area contributed by atoms with Gasteiger partial charge in [0.1, 0.15) is 4.90 Å². The van der Waals surface area contributed by atoms with Crippen LogP contribution in [0.3, 0.4) is 0 Å². The van der Waals surface area contributed by atoms with Gasteiger partial charge in [-0.05, 0) is 24.5 Å². The van der Waals surface area contributed by atoms with Crippen molar-refractivity contribution in [2.24, 2.45) is 5.92 Å². The standard InChI is InChI=1S/C11H15ClFNO3S/c1-8(5-6-15)7-14-18(16,17)10-4-2-3-9(12)11(10)13/h2-4,8,14-15H,5-7H2,1H3. The molecule has 0 radical (unpaired) electrons. The minimum atomic E-state index is -3.92. The highest BCUT2D eigenvalue weighted by molar-refractivity contribution is 7.89. The van der Waals surface area contributed by atoms with Gasteiger partial charge in [0, 0.05) is 13.2 Å². The Bertz CT molecular complexity index is 507. The number of benzene rings is 1. The molecule has 1 aromatic rings. The third-order valence-electron chi connectivity index (χ3n) is 2.45. The van der Waals surface area contributed by atoms with Crippen LogP contribution in [0.25, 0.3) is 0 Å². The molecule has 18 heavy (non-hydrogen) atoms. The first-order valence-electron chi connectivity index (χ1n) is 5.43. The third-order valence-corrected chi connectivity index (χ3v) is 4.18. The number of aliphatic hydroxyl groups is 1. The van der Waals surface area contributed by atoms with Crippen LogP contribution in [0.1, 0.15) is 13.3 Å². The normalized spacial score (nSPS) is 13.6. The first-order valence-corrected chi connectivity index (χ1v) is 7.29. The molecule has 102 valence electrons. The summed E-state index contributed by atoms with van der Waals surface area (Å²) in [6.07, 6.45) is 0.473. The fourth-order valence-electron chi connectivity index (χ4n) is 1.34. The smallest absolute Gasteiger partial charge is 0.243 e. The molecule has 1 unspecified atom stereocenters. The van der Waals surface area contributed by atoms with Crippen molar-refractivity contribution >= 4 is 21.6 Å². The Morgan fingerprint density at radius 1 is 1.50 bits per heavy atom. The molecular formula is C11H15ClFNO3S. The van der Waals surface area contributed by atoms with Gasteiger partial charge >= 0.3 is 0 Å². The van der Waals surface area contributed by atoms with Crippen LogP contribution in [0, 0.1) is 11.7 Å². The first kappa shape index (κ1) is 15.4. The second kappa shape index (κ2) is 6.47. The van der Waals surface area contributed by atoms with Crippen molar-refractivity contribution in [2.75, 3.05) is 13.2 Å². The van der Waals surface area contributed by atoms with Gasteiger partial charge in [-0.15, -0.1) is 0 Å². The van der Waals surface area contributed by atoms with Gasteiger partial charge in [0.05, 0.1) is 5.02 Å². The van der Waals surface area contributed by atoms with E-state index in [0.29, 0.717) is 6.42 Å². The van der Waals surface area contributed by atoms with Crippen LogP contribution >= 0.6 is 11.6 Å². The molecular weight excluding hydrogens is 281 g/mol. The third kappa shape index (κ3) is 3.91. The summed E-state index contributed by atoms with van der Waals surface area (Å²) in [5.41, 5.74) is 0. The minimum absolute atomic E-state index is 0.0194. The van der Waals surface area contributed by atoms with Crippen LogP contribution in [-0.4, -0.2) is 26.7 Å². The SMILES string of the molecule is CC(CCO)CNS(=O)(=O)c1cccc(Cl)c1F. The van der Waals surface area contributed by atoms with E-state index in [-0.39, 0.29) is 24.1 Å². The van der Waals surface area contributed by atoms with Crippen molar-refractivity contribution in [3.05, 3.63) is 29.0 Å². The van der Waals surface area contributed by atoms with Gasteiger partial charge in [-0.25, -0.2) is 17.5 Å². The monoisotopic (exact) mass is 295 g/mol. The molecule has 1 aromatic carbocycles. The quantitative estimate of drug-likeness (QED) is 0.840. The Morgan fingerprint density at radius 3 is 2.78 bits per heavy atom. The van der Waals surface area contributed by atoms with Gasteiger partial charge in [-0.3, -0.25) is 0 Å². The molecule has 7 heteroatoms. The number of rotatable bonds is 6. The molecule has 0 aliphatic heterocycles. The zero-order chi connectivity index (χ0) is 13.8. The summed E-state index contributed by atoms with van der Waals surface area (Å²) in [7, 11) is -3.92. The molecule has 0 saturated carbocycles. The van der Waals surface area contributed by atoms with Crippen molar-refractivity contribution in [1.29, 1.82) is 0 Å².